The molecule has 0 aromatic rings. The molecule has 0 fully saturated rings. The maximum Gasteiger partial charge on any atom is 0.421 e. The molecule has 0 aromatic carbocycles. The highest BCUT2D eigenvalue weighted by molar-refractivity contribution is 5.75. The fraction of sp³-hybridized carbons (Fsp3) is 0.818. The molecule has 1 unspecified atom stereocenters. The molecule has 0 aliphatic rings. The zero-order valence-corrected chi connectivity index (χ0v) is 12.0. The van der Waals surface area contributed by atoms with E-state index >= 15 is 0 Å². The molecule has 1 amide bonds. The summed E-state index contributed by atoms with van der Waals surface area (Å²) in [5, 5.41) is 9.25. The van der Waals surface area contributed by atoms with Gasteiger partial charge in [0.2, 0.25) is 5.54 Å². The summed E-state index contributed by atoms with van der Waals surface area (Å²) < 4.78 is 82.5. The van der Waals surface area contributed by atoms with Crippen molar-refractivity contribution in [3.05, 3.63) is 0 Å². The zero-order chi connectivity index (χ0) is 18.1. The van der Waals surface area contributed by atoms with Gasteiger partial charge in [-0.1, -0.05) is 0 Å². The molecule has 11 heteroatoms. The van der Waals surface area contributed by atoms with E-state index < -0.39 is 41.5 Å². The van der Waals surface area contributed by atoms with E-state index in [-0.39, 0.29) is 6.92 Å². The molecule has 0 rings (SSSR count). The Morgan fingerprint density at radius 1 is 1.00 bits per heavy atom. The van der Waals surface area contributed by atoms with Gasteiger partial charge in [0.1, 0.15) is 5.60 Å². The molecule has 0 radical (unpaired) electrons. The molecule has 0 saturated carbocycles. The van der Waals surface area contributed by atoms with Crippen LogP contribution >= 0.6 is 0 Å². The van der Waals surface area contributed by atoms with Crippen molar-refractivity contribution in [1.82, 2.24) is 5.32 Å². The number of hydrogen-bond acceptors (Lipinski definition) is 3. The van der Waals surface area contributed by atoms with Crippen molar-refractivity contribution in [1.29, 1.82) is 0 Å². The topological polar surface area (TPSA) is 75.6 Å². The van der Waals surface area contributed by atoms with Gasteiger partial charge in [0, 0.05) is 0 Å². The number of halogens is 6. The average Bonchev–Trinajstić information content (AvgIpc) is 2.18. The lowest BCUT2D eigenvalue weighted by Gasteiger charge is -2.40. The minimum Gasteiger partial charge on any atom is -0.481 e. The largest absolute Gasteiger partial charge is 0.481 e. The van der Waals surface area contributed by atoms with Gasteiger partial charge < -0.3 is 9.84 Å². The van der Waals surface area contributed by atoms with Crippen LogP contribution in [0.15, 0.2) is 0 Å². The van der Waals surface area contributed by atoms with Crippen LogP contribution in [0.25, 0.3) is 0 Å². The number of alkyl halides is 6. The van der Waals surface area contributed by atoms with Gasteiger partial charge in [-0.2, -0.15) is 26.3 Å². The Labute approximate surface area is 121 Å². The Morgan fingerprint density at radius 2 is 1.36 bits per heavy atom. The molecule has 0 bridgehead atoms. The van der Waals surface area contributed by atoms with Crippen molar-refractivity contribution < 1.29 is 45.8 Å². The van der Waals surface area contributed by atoms with E-state index in [0.29, 0.717) is 5.32 Å². The Hall–Kier alpha value is -1.68. The SMILES string of the molecule is CC(C(=O)O)C(NC(=O)OC(C)(C)C)(C(F)(F)F)C(F)(F)F. The number of carboxylic acids is 1. The highest BCUT2D eigenvalue weighted by Gasteiger charge is 2.76. The standard InChI is InChI=1S/C11H15F6NO4/c1-5(6(19)20)9(10(12,13)14,11(15,16)17)18-7(21)22-8(2,3)4/h5H,1-4H3,(H,18,21)(H,19,20). The molecule has 0 aliphatic carbocycles. The van der Waals surface area contributed by atoms with Crippen molar-refractivity contribution in [2.24, 2.45) is 5.92 Å². The minimum absolute atomic E-state index is 0.195. The molecule has 2 N–H and O–H groups in total. The van der Waals surface area contributed by atoms with Crippen molar-refractivity contribution in [2.75, 3.05) is 0 Å². The quantitative estimate of drug-likeness (QED) is 0.775. The first kappa shape index (κ1) is 20.3. The molecular weight excluding hydrogens is 324 g/mol. The molecule has 0 saturated heterocycles. The Kier molecular flexibility index (Phi) is 5.39. The summed E-state index contributed by atoms with van der Waals surface area (Å²) in [6.45, 7) is 3.85. The van der Waals surface area contributed by atoms with Crippen LogP contribution in [-0.2, 0) is 9.53 Å². The summed E-state index contributed by atoms with van der Waals surface area (Å²) in [4.78, 5) is 22.1. The molecule has 0 heterocycles. The number of alkyl carbamates (subject to hydrolysis) is 1. The van der Waals surface area contributed by atoms with Gasteiger partial charge in [-0.15, -0.1) is 0 Å². The van der Waals surface area contributed by atoms with Gasteiger partial charge in [-0.3, -0.25) is 10.1 Å². The van der Waals surface area contributed by atoms with Gasteiger partial charge in [0.05, 0.1) is 5.92 Å². The fourth-order valence-corrected chi connectivity index (χ4v) is 1.55. The van der Waals surface area contributed by atoms with Crippen molar-refractivity contribution >= 4 is 12.1 Å². The summed E-state index contributed by atoms with van der Waals surface area (Å²) in [5.41, 5.74) is -6.35. The van der Waals surface area contributed by atoms with Gasteiger partial charge in [-0.25, -0.2) is 4.79 Å². The molecule has 0 aromatic heterocycles. The molecule has 0 spiro atoms. The van der Waals surface area contributed by atoms with E-state index in [1.165, 1.54) is 20.8 Å². The summed E-state index contributed by atoms with van der Waals surface area (Å²) >= 11 is 0. The van der Waals surface area contributed by atoms with Crippen molar-refractivity contribution in [3.63, 3.8) is 0 Å². The number of amides is 1. The smallest absolute Gasteiger partial charge is 0.421 e. The summed E-state index contributed by atoms with van der Waals surface area (Å²) in [7, 11) is 0. The van der Waals surface area contributed by atoms with Crippen molar-refractivity contribution in [3.8, 4) is 0 Å². The average molecular weight is 339 g/mol. The number of nitrogens with one attached hydrogen (secondary N) is 1. The van der Waals surface area contributed by atoms with Crippen LogP contribution in [0.5, 0.6) is 0 Å². The molecular formula is C11H15F6NO4. The first-order valence-corrected chi connectivity index (χ1v) is 5.83. The third-order valence-corrected chi connectivity index (χ3v) is 2.61. The van der Waals surface area contributed by atoms with Crippen molar-refractivity contribution in [2.45, 2.75) is 51.2 Å². The lowest BCUT2D eigenvalue weighted by molar-refractivity contribution is -0.317. The Bertz CT molecular complexity index is 423. The lowest BCUT2D eigenvalue weighted by atomic mass is 9.83. The maximum absolute atomic E-state index is 13.0. The van der Waals surface area contributed by atoms with E-state index in [4.69, 9.17) is 5.11 Å². The van der Waals surface area contributed by atoms with E-state index in [9.17, 15) is 35.9 Å². The minimum atomic E-state index is -6.11. The van der Waals surface area contributed by atoms with Crippen LogP contribution in [-0.4, -0.2) is 40.7 Å². The first-order chi connectivity index (χ1) is 9.46. The van der Waals surface area contributed by atoms with E-state index in [0.717, 1.165) is 0 Å². The van der Waals surface area contributed by atoms with E-state index in [1.54, 1.807) is 0 Å². The highest BCUT2D eigenvalue weighted by Crippen LogP contribution is 2.48. The molecule has 5 nitrogen and oxygen atoms in total. The number of carbonyl (C=O) groups is 2. The Balaban J connectivity index is 6.00. The molecule has 22 heavy (non-hydrogen) atoms. The predicted octanol–water partition coefficient (Wildman–Crippen LogP) is 3.10. The van der Waals surface area contributed by atoms with Crippen LogP contribution in [0.1, 0.15) is 27.7 Å². The number of hydrogen-bond donors (Lipinski definition) is 2. The second-order valence-electron chi connectivity index (χ2n) is 5.49. The number of carbonyl (C=O) groups excluding carboxylic acids is 1. The zero-order valence-electron chi connectivity index (χ0n) is 12.0. The monoisotopic (exact) mass is 339 g/mol. The van der Waals surface area contributed by atoms with Gasteiger partial charge in [0.25, 0.3) is 0 Å². The van der Waals surface area contributed by atoms with Gasteiger partial charge in [0.15, 0.2) is 0 Å². The highest BCUT2D eigenvalue weighted by atomic mass is 19.4. The van der Waals surface area contributed by atoms with E-state index in [2.05, 4.69) is 4.74 Å². The second kappa shape index (κ2) is 5.84. The summed E-state index contributed by atoms with van der Waals surface area (Å²) in [6, 6.07) is 0. The number of carboxylic acid groups (broad SMARTS) is 1. The van der Waals surface area contributed by atoms with E-state index in [1.807, 2.05) is 0 Å². The van der Waals surface area contributed by atoms with Crippen LogP contribution in [0.2, 0.25) is 0 Å². The van der Waals surface area contributed by atoms with Crippen LogP contribution < -0.4 is 5.32 Å². The maximum atomic E-state index is 13.0. The molecule has 130 valence electrons. The summed E-state index contributed by atoms with van der Waals surface area (Å²) in [6.07, 6.45) is -14.3. The number of aliphatic carboxylic acids is 1. The normalized spacial score (nSPS) is 15.2. The third-order valence-electron chi connectivity index (χ3n) is 2.61. The first-order valence-electron chi connectivity index (χ1n) is 5.83. The number of rotatable bonds is 3. The van der Waals surface area contributed by atoms with Crippen LogP contribution in [0.3, 0.4) is 0 Å². The second-order valence-corrected chi connectivity index (χ2v) is 5.49. The lowest BCUT2D eigenvalue weighted by Crippen LogP contribution is -2.72. The Morgan fingerprint density at radius 3 is 1.59 bits per heavy atom. The van der Waals surface area contributed by atoms with Gasteiger partial charge >= 0.3 is 24.4 Å². The van der Waals surface area contributed by atoms with Gasteiger partial charge in [-0.05, 0) is 27.7 Å². The third kappa shape index (κ3) is 4.17. The molecule has 0 aliphatic heterocycles. The van der Waals surface area contributed by atoms with Crippen LogP contribution in [0.4, 0.5) is 31.1 Å². The van der Waals surface area contributed by atoms with Crippen LogP contribution in [0, 0.1) is 5.92 Å². The molecule has 1 atom stereocenters. The number of ether oxygens (including phenoxy) is 1. The summed E-state index contributed by atoms with van der Waals surface area (Å²) in [5.74, 6) is -5.41. The predicted molar refractivity (Wildman–Crippen MR) is 61.0 cm³/mol. The fourth-order valence-electron chi connectivity index (χ4n) is 1.55.